The van der Waals surface area contributed by atoms with Gasteiger partial charge in [-0.3, -0.25) is 28.8 Å². The molecule has 64 heavy (non-hydrogen) atoms. The molecule has 0 radical (unpaired) electrons. The normalized spacial score (nSPS) is 13.1. The number of imide groups is 2. The van der Waals surface area contributed by atoms with Gasteiger partial charge in [0.25, 0.3) is 23.6 Å². The lowest BCUT2D eigenvalue weighted by molar-refractivity contribution is -0.121. The number of amides is 4. The molecule has 0 bridgehead atoms. The van der Waals surface area contributed by atoms with E-state index < -0.39 is 23.6 Å². The molecule has 2 aliphatic heterocycles. The van der Waals surface area contributed by atoms with Crippen LogP contribution < -0.4 is 28.7 Å². The van der Waals surface area contributed by atoms with Crippen LogP contribution in [0.5, 0.6) is 46.0 Å². The van der Waals surface area contributed by atoms with E-state index in [-0.39, 0.29) is 11.6 Å². The van der Waals surface area contributed by atoms with Crippen molar-refractivity contribution >= 4 is 46.6 Å². The fraction of sp³-hybridized carbons (Fsp3) is 0. The van der Waals surface area contributed by atoms with Crippen LogP contribution in [0.15, 0.2) is 194 Å². The molecule has 0 atom stereocenters. The fourth-order valence-corrected chi connectivity index (χ4v) is 6.81. The first-order valence-corrected chi connectivity index (χ1v) is 19.8. The summed E-state index contributed by atoms with van der Waals surface area (Å²) in [6.07, 6.45) is 4.90. The minimum Gasteiger partial charge on any atom is -0.457 e. The van der Waals surface area contributed by atoms with E-state index in [0.717, 1.165) is 9.80 Å². The number of hydrogen-bond acceptors (Lipinski definition) is 10. The van der Waals surface area contributed by atoms with E-state index in [1.807, 2.05) is 0 Å². The first-order valence-electron chi connectivity index (χ1n) is 19.8. The second kappa shape index (κ2) is 17.4. The van der Waals surface area contributed by atoms with Gasteiger partial charge >= 0.3 is 0 Å². The number of benzene rings is 7. The monoisotopic (exact) mass is 844 g/mol. The van der Waals surface area contributed by atoms with Gasteiger partial charge in [0.05, 0.1) is 11.4 Å². The number of carbonyl (C=O) groups excluding carboxylic acids is 6. The summed E-state index contributed by atoms with van der Waals surface area (Å²) in [6, 6.07) is 47.2. The van der Waals surface area contributed by atoms with Crippen LogP contribution in [0.2, 0.25) is 0 Å². The quantitative estimate of drug-likeness (QED) is 0.0766. The molecule has 7 aromatic carbocycles. The highest BCUT2D eigenvalue weighted by Crippen LogP contribution is 2.31. The Bertz CT molecular complexity index is 2770. The number of ether oxygens (including phenoxy) is 4. The Labute approximate surface area is 365 Å². The van der Waals surface area contributed by atoms with Crippen molar-refractivity contribution in [1.82, 2.24) is 0 Å². The predicted octanol–water partition coefficient (Wildman–Crippen LogP) is 10.2. The lowest BCUT2D eigenvalue weighted by Gasteiger charge is -2.14. The molecule has 0 N–H and O–H groups in total. The number of anilines is 2. The van der Waals surface area contributed by atoms with Crippen LogP contribution in [-0.4, -0.2) is 35.2 Å². The van der Waals surface area contributed by atoms with Crippen LogP contribution in [0.4, 0.5) is 11.4 Å². The molecule has 12 heteroatoms. The number of hydrogen-bond donors (Lipinski definition) is 0. The summed E-state index contributed by atoms with van der Waals surface area (Å²) in [5.74, 6) is 2.11. The highest BCUT2D eigenvalue weighted by atomic mass is 16.5. The zero-order chi connectivity index (χ0) is 44.2. The molecule has 0 saturated heterocycles. The van der Waals surface area contributed by atoms with E-state index in [1.54, 1.807) is 170 Å². The predicted molar refractivity (Wildman–Crippen MR) is 236 cm³/mol. The first-order chi connectivity index (χ1) is 31.1. The minimum atomic E-state index is -0.399. The van der Waals surface area contributed by atoms with Gasteiger partial charge in [-0.2, -0.15) is 0 Å². The molecule has 0 aliphatic carbocycles. The zero-order valence-corrected chi connectivity index (χ0v) is 33.5. The molecular weight excluding hydrogens is 813 g/mol. The molecule has 0 aromatic heterocycles. The Morgan fingerprint density at radius 1 is 0.297 bits per heavy atom. The molecule has 7 aromatic rings. The Balaban J connectivity index is 0.756. The topological polar surface area (TPSA) is 146 Å². The Morgan fingerprint density at radius 3 is 0.797 bits per heavy atom. The molecule has 12 nitrogen and oxygen atoms in total. The average molecular weight is 845 g/mol. The highest BCUT2D eigenvalue weighted by Gasteiger charge is 2.26. The SMILES string of the molecule is O=C(c1ccc(Oc2ccc(N3C(=O)C=CC3=O)cc2)cc1)c1ccc(Oc2cccc(Oc3ccc(C(=O)c4ccc(Oc5ccc(N6C(=O)C=CC6=O)cc5)cc4)cc3)c2)cc1. The van der Waals surface area contributed by atoms with E-state index in [4.69, 9.17) is 18.9 Å². The molecule has 0 unspecified atom stereocenters. The molecule has 9 rings (SSSR count). The number of rotatable bonds is 14. The van der Waals surface area contributed by atoms with Gasteiger partial charge in [-0.05, 0) is 158 Å². The van der Waals surface area contributed by atoms with Crippen molar-refractivity contribution in [3.63, 3.8) is 0 Å². The van der Waals surface area contributed by atoms with Crippen LogP contribution in [0.1, 0.15) is 31.8 Å². The number of carbonyl (C=O) groups is 6. The van der Waals surface area contributed by atoms with Gasteiger partial charge in [0, 0.05) is 52.6 Å². The van der Waals surface area contributed by atoms with Gasteiger partial charge in [0.1, 0.15) is 46.0 Å². The van der Waals surface area contributed by atoms with E-state index in [1.165, 1.54) is 24.3 Å². The lowest BCUT2D eigenvalue weighted by Crippen LogP contribution is -2.29. The number of nitrogens with zero attached hydrogens (tertiary/aromatic N) is 2. The van der Waals surface area contributed by atoms with Crippen LogP contribution in [0.25, 0.3) is 0 Å². The average Bonchev–Trinajstić information content (AvgIpc) is 3.85. The number of ketones is 2. The maximum absolute atomic E-state index is 13.3. The standard InChI is InChI=1S/C52H32N2O10/c55-47-28-29-48(56)53(47)37-12-24-43(25-13-37)61-39-16-4-33(5-17-39)51(59)35-8-20-41(21-9-35)63-45-2-1-3-46(32-45)64-42-22-10-36(11-23-42)52(60)34-6-18-40(19-7-34)62-44-26-14-38(15-27-44)54-49(57)30-31-50(54)58/h1-32H. The van der Waals surface area contributed by atoms with Crippen molar-refractivity contribution in [2.75, 3.05) is 9.80 Å². The van der Waals surface area contributed by atoms with Gasteiger partial charge in [-0.15, -0.1) is 0 Å². The molecule has 2 aliphatic rings. The summed E-state index contributed by atoms with van der Waals surface area (Å²) in [6.45, 7) is 0. The molecule has 4 amide bonds. The summed E-state index contributed by atoms with van der Waals surface area (Å²) in [4.78, 5) is 76.5. The third-order valence-electron chi connectivity index (χ3n) is 10.0. The van der Waals surface area contributed by atoms with Crippen molar-refractivity contribution in [2.45, 2.75) is 0 Å². The minimum absolute atomic E-state index is 0.182. The Hall–Kier alpha value is -9.16. The van der Waals surface area contributed by atoms with Gasteiger partial charge in [0.15, 0.2) is 11.6 Å². The van der Waals surface area contributed by atoms with Gasteiger partial charge in [0.2, 0.25) is 0 Å². The van der Waals surface area contributed by atoms with E-state index in [9.17, 15) is 28.8 Å². The maximum Gasteiger partial charge on any atom is 0.258 e. The fourth-order valence-electron chi connectivity index (χ4n) is 6.81. The smallest absolute Gasteiger partial charge is 0.258 e. The van der Waals surface area contributed by atoms with Crippen LogP contribution in [0.3, 0.4) is 0 Å². The third kappa shape index (κ3) is 8.83. The van der Waals surface area contributed by atoms with Gasteiger partial charge < -0.3 is 18.9 Å². The highest BCUT2D eigenvalue weighted by molar-refractivity contribution is 6.28. The summed E-state index contributed by atoms with van der Waals surface area (Å²) < 4.78 is 23.9. The molecule has 2 heterocycles. The van der Waals surface area contributed by atoms with Crippen molar-refractivity contribution < 1.29 is 47.7 Å². The third-order valence-corrected chi connectivity index (χ3v) is 10.0. The molecule has 310 valence electrons. The zero-order valence-electron chi connectivity index (χ0n) is 33.5. The van der Waals surface area contributed by atoms with Crippen molar-refractivity contribution in [1.29, 1.82) is 0 Å². The first kappa shape index (κ1) is 40.3. The van der Waals surface area contributed by atoms with Crippen LogP contribution in [0, 0.1) is 0 Å². The van der Waals surface area contributed by atoms with E-state index >= 15 is 0 Å². The molecule has 0 saturated carbocycles. The second-order valence-electron chi connectivity index (χ2n) is 14.3. The van der Waals surface area contributed by atoms with E-state index in [2.05, 4.69) is 0 Å². The van der Waals surface area contributed by atoms with Gasteiger partial charge in [-0.25, -0.2) is 9.80 Å². The van der Waals surface area contributed by atoms with Crippen molar-refractivity contribution in [2.24, 2.45) is 0 Å². The second-order valence-corrected chi connectivity index (χ2v) is 14.3. The molecular formula is C52H32N2O10. The van der Waals surface area contributed by atoms with Crippen LogP contribution in [-0.2, 0) is 19.2 Å². The molecule has 0 fully saturated rings. The molecule has 0 spiro atoms. The van der Waals surface area contributed by atoms with E-state index in [0.29, 0.717) is 79.6 Å². The summed E-state index contributed by atoms with van der Waals surface area (Å²) in [5, 5.41) is 0. The summed E-state index contributed by atoms with van der Waals surface area (Å²) in [7, 11) is 0. The summed E-state index contributed by atoms with van der Waals surface area (Å²) in [5.41, 5.74) is 2.76. The van der Waals surface area contributed by atoms with Crippen LogP contribution >= 0.6 is 0 Å². The lowest BCUT2D eigenvalue weighted by atomic mass is 10.0. The maximum atomic E-state index is 13.3. The largest absolute Gasteiger partial charge is 0.457 e. The summed E-state index contributed by atoms with van der Waals surface area (Å²) >= 11 is 0. The Morgan fingerprint density at radius 2 is 0.531 bits per heavy atom. The van der Waals surface area contributed by atoms with Crippen molar-refractivity contribution in [3.05, 3.63) is 216 Å². The van der Waals surface area contributed by atoms with Gasteiger partial charge in [-0.1, -0.05) is 6.07 Å². The van der Waals surface area contributed by atoms with Crippen molar-refractivity contribution in [3.8, 4) is 46.0 Å². The Kier molecular flexibility index (Phi) is 11.0.